The Labute approximate surface area is 158 Å². The molecule has 0 aliphatic rings. The van der Waals surface area contributed by atoms with E-state index in [1.807, 2.05) is 48.5 Å². The van der Waals surface area contributed by atoms with Crippen LogP contribution in [0.2, 0.25) is 0 Å². The van der Waals surface area contributed by atoms with Crippen molar-refractivity contribution >= 4 is 11.9 Å². The monoisotopic (exact) mass is 366 g/mol. The van der Waals surface area contributed by atoms with Crippen molar-refractivity contribution in [2.45, 2.75) is 19.9 Å². The lowest BCUT2D eigenvalue weighted by Crippen LogP contribution is -2.15. The second kappa shape index (κ2) is 8.35. The number of benzene rings is 2. The fourth-order valence-corrected chi connectivity index (χ4v) is 2.54. The maximum absolute atomic E-state index is 12.3. The molecule has 0 saturated carbocycles. The summed E-state index contributed by atoms with van der Waals surface area (Å²) in [6, 6.07) is 15.1. The summed E-state index contributed by atoms with van der Waals surface area (Å²) in [4.78, 5) is 16.8. The highest BCUT2D eigenvalue weighted by atomic mass is 16.5. The Kier molecular flexibility index (Phi) is 5.71. The van der Waals surface area contributed by atoms with E-state index in [1.165, 1.54) is 4.68 Å². The van der Waals surface area contributed by atoms with Crippen LogP contribution in [-0.4, -0.2) is 34.9 Å². The largest absolute Gasteiger partial charge is 0.497 e. The van der Waals surface area contributed by atoms with Crippen molar-refractivity contribution in [3.05, 3.63) is 54.1 Å². The zero-order valence-corrected chi connectivity index (χ0v) is 15.6. The van der Waals surface area contributed by atoms with E-state index < -0.39 is 0 Å². The molecule has 0 unspecified atom stereocenters. The number of hydrogen-bond donors (Lipinski definition) is 1. The number of hydrogen-bond acceptors (Lipinski definition) is 6. The summed E-state index contributed by atoms with van der Waals surface area (Å²) in [5.41, 5.74) is 1.85. The van der Waals surface area contributed by atoms with Crippen LogP contribution in [0.15, 0.2) is 48.5 Å². The second-order valence-electron chi connectivity index (χ2n) is 5.85. The number of nitrogens with one attached hydrogen (secondary N) is 1. The molecule has 140 valence electrons. The fraction of sp³-hybridized carbons (Fsp3) is 0.250. The number of carbonyl (C=O) groups is 1. The highest BCUT2D eigenvalue weighted by Crippen LogP contribution is 2.22. The maximum atomic E-state index is 12.3. The van der Waals surface area contributed by atoms with Crippen LogP contribution in [0.4, 0.5) is 5.95 Å². The molecule has 1 N–H and O–H groups in total. The number of ether oxygens (including phenoxy) is 2. The smallest absolute Gasteiger partial charge is 0.249 e. The summed E-state index contributed by atoms with van der Waals surface area (Å²) >= 11 is 0. The van der Waals surface area contributed by atoms with Gasteiger partial charge in [0.05, 0.1) is 14.2 Å². The van der Waals surface area contributed by atoms with Gasteiger partial charge in [-0.25, -0.2) is 0 Å². The van der Waals surface area contributed by atoms with Gasteiger partial charge in [0.2, 0.25) is 11.9 Å². The van der Waals surface area contributed by atoms with Gasteiger partial charge in [-0.1, -0.05) is 19.1 Å². The molecule has 1 heterocycles. The topological polar surface area (TPSA) is 78.3 Å². The summed E-state index contributed by atoms with van der Waals surface area (Å²) in [6.45, 7) is 2.31. The SMILES string of the molecule is CCC(=O)n1nc(-c2ccc(OC)cc2)nc1NCc1ccc(OC)cc1. The van der Waals surface area contributed by atoms with E-state index in [1.54, 1.807) is 21.1 Å². The Morgan fingerprint density at radius 3 is 2.15 bits per heavy atom. The molecule has 7 nitrogen and oxygen atoms in total. The molecule has 0 aliphatic heterocycles. The van der Waals surface area contributed by atoms with E-state index in [0.29, 0.717) is 24.7 Å². The first-order valence-corrected chi connectivity index (χ1v) is 8.66. The van der Waals surface area contributed by atoms with E-state index in [9.17, 15) is 4.79 Å². The van der Waals surface area contributed by atoms with Crippen LogP contribution in [0, 0.1) is 0 Å². The van der Waals surface area contributed by atoms with E-state index >= 15 is 0 Å². The number of nitrogens with zero attached hydrogens (tertiary/aromatic N) is 3. The van der Waals surface area contributed by atoms with Gasteiger partial charge in [-0.2, -0.15) is 9.67 Å². The lowest BCUT2D eigenvalue weighted by atomic mass is 10.2. The molecule has 1 aromatic heterocycles. The first-order chi connectivity index (χ1) is 13.1. The molecule has 0 aliphatic carbocycles. The Bertz CT molecular complexity index is 902. The molecule has 2 aromatic carbocycles. The van der Waals surface area contributed by atoms with Crippen LogP contribution < -0.4 is 14.8 Å². The van der Waals surface area contributed by atoms with Crippen molar-refractivity contribution in [2.75, 3.05) is 19.5 Å². The van der Waals surface area contributed by atoms with Gasteiger partial charge in [0.25, 0.3) is 0 Å². The Morgan fingerprint density at radius 2 is 1.59 bits per heavy atom. The van der Waals surface area contributed by atoms with Crippen molar-refractivity contribution in [2.24, 2.45) is 0 Å². The van der Waals surface area contributed by atoms with Gasteiger partial charge in [-0.3, -0.25) is 4.79 Å². The highest BCUT2D eigenvalue weighted by molar-refractivity contribution is 5.81. The quantitative estimate of drug-likeness (QED) is 0.688. The lowest BCUT2D eigenvalue weighted by molar-refractivity contribution is 0.0895. The zero-order chi connectivity index (χ0) is 19.2. The van der Waals surface area contributed by atoms with Gasteiger partial charge < -0.3 is 14.8 Å². The van der Waals surface area contributed by atoms with E-state index in [0.717, 1.165) is 22.6 Å². The minimum atomic E-state index is -0.125. The standard InChI is InChI=1S/C20H22N4O3/c1-4-18(25)24-20(21-13-14-5-9-16(26-2)10-6-14)22-19(23-24)15-7-11-17(27-3)12-8-15/h5-12H,4,13H2,1-3H3,(H,21,22,23). The predicted molar refractivity (Wildman–Crippen MR) is 103 cm³/mol. The number of methoxy groups -OCH3 is 2. The van der Waals surface area contributed by atoms with Crippen LogP contribution in [0.25, 0.3) is 11.4 Å². The average molecular weight is 366 g/mol. The van der Waals surface area contributed by atoms with Crippen molar-refractivity contribution in [1.29, 1.82) is 0 Å². The van der Waals surface area contributed by atoms with Gasteiger partial charge in [0.15, 0.2) is 5.82 Å². The minimum absolute atomic E-state index is 0.125. The van der Waals surface area contributed by atoms with E-state index in [4.69, 9.17) is 9.47 Å². The van der Waals surface area contributed by atoms with Gasteiger partial charge in [-0.05, 0) is 42.0 Å². The lowest BCUT2D eigenvalue weighted by Gasteiger charge is -2.07. The molecule has 0 amide bonds. The van der Waals surface area contributed by atoms with Crippen LogP contribution in [0.3, 0.4) is 0 Å². The third-order valence-electron chi connectivity index (χ3n) is 4.10. The minimum Gasteiger partial charge on any atom is -0.497 e. The molecule has 0 radical (unpaired) electrons. The van der Waals surface area contributed by atoms with Crippen LogP contribution in [-0.2, 0) is 6.54 Å². The van der Waals surface area contributed by atoms with Crippen molar-refractivity contribution in [1.82, 2.24) is 14.8 Å². The third kappa shape index (κ3) is 4.25. The Balaban J connectivity index is 1.83. The summed E-state index contributed by atoms with van der Waals surface area (Å²) < 4.78 is 11.7. The van der Waals surface area contributed by atoms with Gasteiger partial charge in [0, 0.05) is 18.5 Å². The summed E-state index contributed by atoms with van der Waals surface area (Å²) in [5, 5.41) is 7.58. The molecule has 0 bridgehead atoms. The molecule has 0 saturated heterocycles. The molecule has 3 aromatic rings. The molecule has 3 rings (SSSR count). The van der Waals surface area contributed by atoms with Gasteiger partial charge in [0.1, 0.15) is 11.5 Å². The molecule has 0 spiro atoms. The Hall–Kier alpha value is -3.35. The van der Waals surface area contributed by atoms with Crippen LogP contribution >= 0.6 is 0 Å². The number of carbonyl (C=O) groups excluding carboxylic acids is 1. The predicted octanol–water partition coefficient (Wildman–Crippen LogP) is 3.62. The Morgan fingerprint density at radius 1 is 1.00 bits per heavy atom. The first-order valence-electron chi connectivity index (χ1n) is 8.66. The van der Waals surface area contributed by atoms with Crippen LogP contribution in [0.5, 0.6) is 11.5 Å². The van der Waals surface area contributed by atoms with Crippen molar-refractivity contribution in [3.8, 4) is 22.9 Å². The van der Waals surface area contributed by atoms with Crippen molar-refractivity contribution in [3.63, 3.8) is 0 Å². The molecule has 0 atom stereocenters. The van der Waals surface area contributed by atoms with Gasteiger partial charge >= 0.3 is 0 Å². The van der Waals surface area contributed by atoms with Gasteiger partial charge in [-0.15, -0.1) is 5.10 Å². The number of aromatic nitrogens is 3. The second-order valence-corrected chi connectivity index (χ2v) is 5.85. The van der Waals surface area contributed by atoms with Crippen LogP contribution in [0.1, 0.15) is 23.7 Å². The number of anilines is 1. The molecule has 27 heavy (non-hydrogen) atoms. The van der Waals surface area contributed by atoms with E-state index in [2.05, 4.69) is 15.4 Å². The summed E-state index contributed by atoms with van der Waals surface area (Å²) in [5.74, 6) is 2.32. The summed E-state index contributed by atoms with van der Waals surface area (Å²) in [6.07, 6.45) is 0.336. The molecule has 0 fully saturated rings. The normalized spacial score (nSPS) is 10.5. The average Bonchev–Trinajstić information content (AvgIpc) is 3.16. The molecular formula is C20H22N4O3. The van der Waals surface area contributed by atoms with Crippen molar-refractivity contribution < 1.29 is 14.3 Å². The summed E-state index contributed by atoms with van der Waals surface area (Å²) in [7, 11) is 3.25. The van der Waals surface area contributed by atoms with E-state index in [-0.39, 0.29) is 5.91 Å². The first kappa shape index (κ1) is 18.4. The molecular weight excluding hydrogens is 344 g/mol. The molecule has 7 heteroatoms. The highest BCUT2D eigenvalue weighted by Gasteiger charge is 2.16. The maximum Gasteiger partial charge on any atom is 0.249 e. The number of rotatable bonds is 7. The fourth-order valence-electron chi connectivity index (χ4n) is 2.54. The zero-order valence-electron chi connectivity index (χ0n) is 15.6. The third-order valence-corrected chi connectivity index (χ3v) is 4.10.